The van der Waals surface area contributed by atoms with Crippen molar-refractivity contribution in [3.63, 3.8) is 0 Å². The zero-order valence-electron chi connectivity index (χ0n) is 12.3. The highest BCUT2D eigenvalue weighted by molar-refractivity contribution is 14.0. The highest BCUT2D eigenvalue weighted by atomic mass is 127. The molecule has 2 saturated heterocycles. The molecule has 2 fully saturated rings. The Labute approximate surface area is 139 Å². The average Bonchev–Trinajstić information content (AvgIpc) is 2.78. The number of rotatable bonds is 5. The molecule has 2 rings (SSSR count). The van der Waals surface area contributed by atoms with Gasteiger partial charge in [-0.15, -0.1) is 24.0 Å². The second-order valence-corrected chi connectivity index (χ2v) is 5.35. The van der Waals surface area contributed by atoms with Crippen LogP contribution < -0.4 is 5.73 Å². The standard InChI is InChI=1S/C14H27N3O2.HI/c15-14(17-8-3-1-2-4-9-17)16-7-5-10-19-13-6-11-18-12-13;/h13H,1-12H2,(H2,15,16);1H. The van der Waals surface area contributed by atoms with Crippen LogP contribution in [0.2, 0.25) is 0 Å². The van der Waals surface area contributed by atoms with Crippen LogP contribution in [0, 0.1) is 0 Å². The minimum absolute atomic E-state index is 0. The molecule has 0 spiro atoms. The van der Waals surface area contributed by atoms with Gasteiger partial charge in [-0.3, -0.25) is 4.99 Å². The predicted molar refractivity (Wildman–Crippen MR) is 91.7 cm³/mol. The third kappa shape index (κ3) is 6.58. The van der Waals surface area contributed by atoms with Crippen molar-refractivity contribution in [2.45, 2.75) is 44.6 Å². The first kappa shape index (κ1) is 18.0. The topological polar surface area (TPSA) is 60.1 Å². The van der Waals surface area contributed by atoms with Crippen molar-refractivity contribution in [2.75, 3.05) is 39.5 Å². The quantitative estimate of drug-likeness (QED) is 0.334. The maximum Gasteiger partial charge on any atom is 0.191 e. The van der Waals surface area contributed by atoms with Crippen LogP contribution in [0.3, 0.4) is 0 Å². The van der Waals surface area contributed by atoms with E-state index in [2.05, 4.69) is 9.89 Å². The molecule has 2 aliphatic heterocycles. The summed E-state index contributed by atoms with van der Waals surface area (Å²) in [6.45, 7) is 5.22. The van der Waals surface area contributed by atoms with Crippen LogP contribution in [-0.2, 0) is 9.47 Å². The second kappa shape index (κ2) is 10.6. The maximum absolute atomic E-state index is 6.04. The van der Waals surface area contributed by atoms with Crippen molar-refractivity contribution in [2.24, 2.45) is 10.7 Å². The van der Waals surface area contributed by atoms with E-state index in [9.17, 15) is 0 Å². The molecule has 0 saturated carbocycles. The minimum Gasteiger partial charge on any atom is -0.379 e. The average molecular weight is 397 g/mol. The van der Waals surface area contributed by atoms with Gasteiger partial charge in [-0.25, -0.2) is 0 Å². The number of guanidine groups is 1. The number of ether oxygens (including phenoxy) is 2. The normalized spacial score (nSPS) is 24.3. The lowest BCUT2D eigenvalue weighted by Crippen LogP contribution is -2.38. The van der Waals surface area contributed by atoms with Gasteiger partial charge in [0.1, 0.15) is 0 Å². The first-order valence-electron chi connectivity index (χ1n) is 7.60. The predicted octanol–water partition coefficient (Wildman–Crippen LogP) is 1.99. The minimum atomic E-state index is 0. The van der Waals surface area contributed by atoms with E-state index in [0.717, 1.165) is 52.3 Å². The highest BCUT2D eigenvalue weighted by Gasteiger charge is 2.15. The van der Waals surface area contributed by atoms with Crippen LogP contribution in [0.5, 0.6) is 0 Å². The first-order valence-corrected chi connectivity index (χ1v) is 7.60. The zero-order valence-corrected chi connectivity index (χ0v) is 14.6. The number of halogens is 1. The summed E-state index contributed by atoms with van der Waals surface area (Å²) in [5.74, 6) is 0.714. The van der Waals surface area contributed by atoms with Crippen molar-refractivity contribution in [1.29, 1.82) is 0 Å². The summed E-state index contributed by atoms with van der Waals surface area (Å²) >= 11 is 0. The van der Waals surface area contributed by atoms with E-state index in [1.807, 2.05) is 0 Å². The van der Waals surface area contributed by atoms with Gasteiger partial charge in [-0.1, -0.05) is 12.8 Å². The highest BCUT2D eigenvalue weighted by Crippen LogP contribution is 2.10. The molecular weight excluding hydrogens is 369 g/mol. The van der Waals surface area contributed by atoms with E-state index in [1.165, 1.54) is 25.7 Å². The molecule has 1 atom stereocenters. The number of hydrogen-bond acceptors (Lipinski definition) is 3. The monoisotopic (exact) mass is 397 g/mol. The van der Waals surface area contributed by atoms with Crippen LogP contribution >= 0.6 is 24.0 Å². The molecule has 0 radical (unpaired) electrons. The number of nitrogens with zero attached hydrogens (tertiary/aromatic N) is 2. The van der Waals surface area contributed by atoms with E-state index in [0.29, 0.717) is 12.1 Å². The lowest BCUT2D eigenvalue weighted by Gasteiger charge is -2.21. The third-order valence-corrected chi connectivity index (χ3v) is 3.75. The van der Waals surface area contributed by atoms with Crippen molar-refractivity contribution in [3.05, 3.63) is 0 Å². The van der Waals surface area contributed by atoms with Gasteiger partial charge in [0.25, 0.3) is 0 Å². The molecule has 0 aromatic carbocycles. The summed E-state index contributed by atoms with van der Waals surface area (Å²) in [4.78, 5) is 6.68. The Morgan fingerprint density at radius 3 is 2.65 bits per heavy atom. The Morgan fingerprint density at radius 1 is 1.25 bits per heavy atom. The van der Waals surface area contributed by atoms with Gasteiger partial charge in [0.05, 0.1) is 12.7 Å². The van der Waals surface area contributed by atoms with Crippen LogP contribution in [0.25, 0.3) is 0 Å². The summed E-state index contributed by atoms with van der Waals surface area (Å²) in [7, 11) is 0. The Balaban J connectivity index is 0.00000200. The van der Waals surface area contributed by atoms with Crippen LogP contribution in [-0.4, -0.2) is 56.4 Å². The van der Waals surface area contributed by atoms with Gasteiger partial charge in [0, 0.05) is 32.8 Å². The number of nitrogens with two attached hydrogens (primary N) is 1. The van der Waals surface area contributed by atoms with E-state index >= 15 is 0 Å². The maximum atomic E-state index is 6.04. The summed E-state index contributed by atoms with van der Waals surface area (Å²) < 4.78 is 11.0. The lowest BCUT2D eigenvalue weighted by molar-refractivity contribution is 0.0424. The molecule has 6 heteroatoms. The van der Waals surface area contributed by atoms with E-state index in [1.54, 1.807) is 0 Å². The molecule has 0 bridgehead atoms. The largest absolute Gasteiger partial charge is 0.379 e. The molecule has 0 amide bonds. The molecule has 2 N–H and O–H groups in total. The molecule has 5 nitrogen and oxygen atoms in total. The first-order chi connectivity index (χ1) is 9.36. The Bertz CT molecular complexity index is 276. The fourth-order valence-corrected chi connectivity index (χ4v) is 2.55. The molecular formula is C14H28IN3O2. The number of likely N-dealkylation sites (tertiary alicyclic amines) is 1. The molecule has 20 heavy (non-hydrogen) atoms. The number of aliphatic imine (C=N–C) groups is 1. The smallest absolute Gasteiger partial charge is 0.191 e. The summed E-state index contributed by atoms with van der Waals surface area (Å²) in [5, 5.41) is 0. The van der Waals surface area contributed by atoms with Gasteiger partial charge < -0.3 is 20.1 Å². The number of hydrogen-bond donors (Lipinski definition) is 1. The molecule has 2 heterocycles. The van der Waals surface area contributed by atoms with Crippen molar-refractivity contribution in [1.82, 2.24) is 4.90 Å². The van der Waals surface area contributed by atoms with Crippen LogP contribution in [0.1, 0.15) is 38.5 Å². The lowest BCUT2D eigenvalue weighted by atomic mass is 10.2. The van der Waals surface area contributed by atoms with E-state index in [4.69, 9.17) is 15.2 Å². The van der Waals surface area contributed by atoms with Gasteiger partial charge in [-0.2, -0.15) is 0 Å². The van der Waals surface area contributed by atoms with Gasteiger partial charge in [0.15, 0.2) is 5.96 Å². The molecule has 2 aliphatic rings. The Morgan fingerprint density at radius 2 is 2.00 bits per heavy atom. The van der Waals surface area contributed by atoms with Gasteiger partial charge >= 0.3 is 0 Å². The van der Waals surface area contributed by atoms with Gasteiger partial charge in [0.2, 0.25) is 0 Å². The second-order valence-electron chi connectivity index (χ2n) is 5.35. The molecule has 1 unspecified atom stereocenters. The van der Waals surface area contributed by atoms with Crippen molar-refractivity contribution in [3.8, 4) is 0 Å². The van der Waals surface area contributed by atoms with Crippen molar-refractivity contribution >= 4 is 29.9 Å². The van der Waals surface area contributed by atoms with Crippen LogP contribution in [0.4, 0.5) is 0 Å². The third-order valence-electron chi connectivity index (χ3n) is 3.75. The molecule has 0 aliphatic carbocycles. The summed E-state index contributed by atoms with van der Waals surface area (Å²) in [6, 6.07) is 0. The summed E-state index contributed by atoms with van der Waals surface area (Å²) in [5.41, 5.74) is 6.04. The van der Waals surface area contributed by atoms with Crippen molar-refractivity contribution < 1.29 is 9.47 Å². The van der Waals surface area contributed by atoms with E-state index in [-0.39, 0.29) is 24.0 Å². The van der Waals surface area contributed by atoms with Crippen LogP contribution in [0.15, 0.2) is 4.99 Å². The molecule has 0 aromatic heterocycles. The Hall–Kier alpha value is -0.0800. The summed E-state index contributed by atoms with van der Waals surface area (Å²) in [6.07, 6.45) is 7.38. The fourth-order valence-electron chi connectivity index (χ4n) is 2.55. The fraction of sp³-hybridized carbons (Fsp3) is 0.929. The van der Waals surface area contributed by atoms with E-state index < -0.39 is 0 Å². The Kier molecular flexibility index (Phi) is 9.54. The molecule has 0 aromatic rings. The zero-order chi connectivity index (χ0) is 13.3. The van der Waals surface area contributed by atoms with Gasteiger partial charge in [-0.05, 0) is 25.7 Å². The molecule has 118 valence electrons. The SMILES string of the molecule is I.NC(=NCCCOC1CCOC1)N1CCCCCC1.